The molecule has 0 aliphatic carbocycles. The largest absolute Gasteiger partial charge is 0.389 e. The van der Waals surface area contributed by atoms with Crippen molar-refractivity contribution < 1.29 is 5.11 Å². The first-order chi connectivity index (χ1) is 10.7. The zero-order chi connectivity index (χ0) is 15.5. The van der Waals surface area contributed by atoms with Gasteiger partial charge in [-0.05, 0) is 36.1 Å². The van der Waals surface area contributed by atoms with Crippen LogP contribution in [0.25, 0.3) is 0 Å². The van der Waals surface area contributed by atoms with Gasteiger partial charge in [-0.15, -0.1) is 0 Å². The van der Waals surface area contributed by atoms with E-state index in [1.807, 2.05) is 13.8 Å². The number of hydrogen-bond donors (Lipinski definition) is 1. The van der Waals surface area contributed by atoms with E-state index >= 15 is 0 Å². The lowest BCUT2D eigenvalue weighted by Crippen LogP contribution is -2.44. The van der Waals surface area contributed by atoms with Gasteiger partial charge in [0.15, 0.2) is 0 Å². The van der Waals surface area contributed by atoms with Gasteiger partial charge in [0.1, 0.15) is 0 Å². The molecular weight excluding hydrogens is 270 g/mol. The van der Waals surface area contributed by atoms with Gasteiger partial charge in [-0.1, -0.05) is 60.7 Å². The van der Waals surface area contributed by atoms with Crippen LogP contribution < -0.4 is 0 Å². The van der Waals surface area contributed by atoms with Crippen LogP contribution in [0.3, 0.4) is 0 Å². The molecule has 0 radical (unpaired) electrons. The van der Waals surface area contributed by atoms with Crippen LogP contribution in [0, 0.1) is 0 Å². The average molecular weight is 293 g/mol. The number of nitrogens with zero attached hydrogens (tertiary/aromatic N) is 1. The first-order valence-electron chi connectivity index (χ1n) is 7.87. The molecule has 0 unspecified atom stereocenters. The SMILES string of the molecule is CC(=C1CN(C(c2ccccc2)c2ccccc2)C1)[C@H](C)O. The molecule has 2 aromatic rings. The molecular formula is C20H23NO. The van der Waals surface area contributed by atoms with E-state index in [1.165, 1.54) is 16.7 Å². The highest BCUT2D eigenvalue weighted by molar-refractivity contribution is 5.35. The Bertz CT molecular complexity index is 598. The lowest BCUT2D eigenvalue weighted by atomic mass is 9.90. The van der Waals surface area contributed by atoms with Crippen molar-refractivity contribution in [2.45, 2.75) is 26.0 Å². The second kappa shape index (κ2) is 6.47. The summed E-state index contributed by atoms with van der Waals surface area (Å²) in [7, 11) is 0. The molecule has 3 rings (SSSR count). The summed E-state index contributed by atoms with van der Waals surface area (Å²) in [5.74, 6) is 0. The summed E-state index contributed by atoms with van der Waals surface area (Å²) < 4.78 is 0. The molecule has 114 valence electrons. The molecule has 0 spiro atoms. The van der Waals surface area contributed by atoms with Crippen LogP contribution in [-0.2, 0) is 0 Å². The molecule has 1 atom stereocenters. The van der Waals surface area contributed by atoms with E-state index < -0.39 is 0 Å². The third-order valence-electron chi connectivity index (χ3n) is 4.57. The Labute approximate surface area is 132 Å². The minimum absolute atomic E-state index is 0.285. The Balaban J connectivity index is 1.88. The monoisotopic (exact) mass is 293 g/mol. The molecule has 1 N–H and O–H groups in total. The van der Waals surface area contributed by atoms with E-state index in [9.17, 15) is 5.11 Å². The van der Waals surface area contributed by atoms with Crippen LogP contribution >= 0.6 is 0 Å². The van der Waals surface area contributed by atoms with Gasteiger partial charge in [-0.25, -0.2) is 0 Å². The highest BCUT2D eigenvalue weighted by Gasteiger charge is 2.31. The van der Waals surface area contributed by atoms with Crippen LogP contribution in [-0.4, -0.2) is 29.2 Å². The standard InChI is InChI=1S/C20H23NO/c1-15(16(2)22)19-13-21(14-19)20(17-9-5-3-6-10-17)18-11-7-4-8-12-18/h3-12,16,20,22H,13-14H2,1-2H3/t16-/m0/s1. The Morgan fingerprint density at radius 1 is 0.909 bits per heavy atom. The lowest BCUT2D eigenvalue weighted by molar-refractivity contribution is 0.185. The van der Waals surface area contributed by atoms with Crippen molar-refractivity contribution in [1.29, 1.82) is 0 Å². The molecule has 1 heterocycles. The summed E-state index contributed by atoms with van der Waals surface area (Å²) in [5.41, 5.74) is 5.13. The fraction of sp³-hybridized carbons (Fsp3) is 0.300. The second-order valence-electron chi connectivity index (χ2n) is 6.09. The van der Waals surface area contributed by atoms with E-state index in [-0.39, 0.29) is 12.1 Å². The maximum Gasteiger partial charge on any atom is 0.0722 e. The third kappa shape index (κ3) is 2.99. The lowest BCUT2D eigenvalue weighted by Gasteiger charge is -2.42. The molecule has 22 heavy (non-hydrogen) atoms. The Morgan fingerprint density at radius 3 is 1.77 bits per heavy atom. The molecule has 2 nitrogen and oxygen atoms in total. The van der Waals surface area contributed by atoms with Crippen molar-refractivity contribution >= 4 is 0 Å². The molecule has 1 aliphatic heterocycles. The first kappa shape index (κ1) is 15.0. The fourth-order valence-electron chi connectivity index (χ4n) is 3.06. The summed E-state index contributed by atoms with van der Waals surface area (Å²) in [5, 5.41) is 9.74. The molecule has 0 aromatic heterocycles. The third-order valence-corrected chi connectivity index (χ3v) is 4.57. The van der Waals surface area contributed by atoms with Gasteiger partial charge < -0.3 is 5.11 Å². The van der Waals surface area contributed by atoms with Gasteiger partial charge in [0.05, 0.1) is 12.1 Å². The van der Waals surface area contributed by atoms with Gasteiger partial charge in [-0.2, -0.15) is 0 Å². The van der Waals surface area contributed by atoms with Crippen LogP contribution in [0.2, 0.25) is 0 Å². The van der Waals surface area contributed by atoms with Crippen molar-refractivity contribution in [1.82, 2.24) is 4.90 Å². The molecule has 0 bridgehead atoms. The predicted octanol–water partition coefficient (Wildman–Crippen LogP) is 3.79. The Hall–Kier alpha value is -1.90. The van der Waals surface area contributed by atoms with E-state index in [2.05, 4.69) is 65.6 Å². The normalized spacial score (nSPS) is 16.5. The molecule has 1 saturated heterocycles. The Morgan fingerprint density at radius 2 is 1.36 bits per heavy atom. The van der Waals surface area contributed by atoms with Crippen molar-refractivity contribution in [3.05, 3.63) is 82.9 Å². The fourth-order valence-corrected chi connectivity index (χ4v) is 3.06. The van der Waals surface area contributed by atoms with Crippen molar-refractivity contribution in [2.24, 2.45) is 0 Å². The number of benzene rings is 2. The van der Waals surface area contributed by atoms with Gasteiger partial charge in [0.25, 0.3) is 0 Å². The van der Waals surface area contributed by atoms with E-state index in [0.717, 1.165) is 18.7 Å². The topological polar surface area (TPSA) is 23.5 Å². The van der Waals surface area contributed by atoms with Crippen molar-refractivity contribution in [3.8, 4) is 0 Å². The highest BCUT2D eigenvalue weighted by atomic mass is 16.3. The number of likely N-dealkylation sites (tertiary alicyclic amines) is 1. The maximum atomic E-state index is 9.74. The summed E-state index contributed by atoms with van der Waals surface area (Å²) in [6.07, 6.45) is -0.343. The smallest absolute Gasteiger partial charge is 0.0722 e. The minimum atomic E-state index is -0.343. The van der Waals surface area contributed by atoms with E-state index in [1.54, 1.807) is 0 Å². The first-order valence-corrected chi connectivity index (χ1v) is 7.87. The van der Waals surface area contributed by atoms with Crippen molar-refractivity contribution in [3.63, 3.8) is 0 Å². The maximum absolute atomic E-state index is 9.74. The quantitative estimate of drug-likeness (QED) is 0.867. The van der Waals surface area contributed by atoms with Gasteiger partial charge in [-0.3, -0.25) is 4.90 Å². The molecule has 1 fully saturated rings. The Kier molecular flexibility index (Phi) is 4.41. The molecule has 2 aromatic carbocycles. The van der Waals surface area contributed by atoms with Crippen LogP contribution in [0.15, 0.2) is 71.8 Å². The van der Waals surface area contributed by atoms with Crippen molar-refractivity contribution in [2.75, 3.05) is 13.1 Å². The number of aliphatic hydroxyl groups is 1. The summed E-state index contributed by atoms with van der Waals surface area (Å²) >= 11 is 0. The van der Waals surface area contributed by atoms with Gasteiger partial charge in [0.2, 0.25) is 0 Å². The minimum Gasteiger partial charge on any atom is -0.389 e. The molecule has 0 amide bonds. The second-order valence-corrected chi connectivity index (χ2v) is 6.09. The molecule has 2 heteroatoms. The zero-order valence-corrected chi connectivity index (χ0v) is 13.2. The zero-order valence-electron chi connectivity index (χ0n) is 13.2. The number of aliphatic hydroxyl groups excluding tert-OH is 1. The number of rotatable bonds is 4. The average Bonchev–Trinajstić information content (AvgIpc) is 2.51. The summed E-state index contributed by atoms with van der Waals surface area (Å²) in [4.78, 5) is 2.46. The van der Waals surface area contributed by atoms with E-state index in [4.69, 9.17) is 0 Å². The number of hydrogen-bond acceptors (Lipinski definition) is 2. The van der Waals surface area contributed by atoms with Gasteiger partial charge in [0, 0.05) is 13.1 Å². The molecule has 1 aliphatic rings. The summed E-state index contributed by atoms with van der Waals surface area (Å²) in [6, 6.07) is 21.6. The van der Waals surface area contributed by atoms with Crippen LogP contribution in [0.5, 0.6) is 0 Å². The van der Waals surface area contributed by atoms with Crippen LogP contribution in [0.4, 0.5) is 0 Å². The molecule has 0 saturated carbocycles. The van der Waals surface area contributed by atoms with Crippen LogP contribution in [0.1, 0.15) is 31.0 Å². The van der Waals surface area contributed by atoms with Gasteiger partial charge >= 0.3 is 0 Å². The summed E-state index contributed by atoms with van der Waals surface area (Å²) in [6.45, 7) is 5.75. The predicted molar refractivity (Wildman–Crippen MR) is 90.7 cm³/mol. The highest BCUT2D eigenvalue weighted by Crippen LogP contribution is 2.35. The van der Waals surface area contributed by atoms with E-state index in [0.29, 0.717) is 0 Å².